The third-order valence-electron chi connectivity index (χ3n) is 2.75. The number of rotatable bonds is 21. The van der Waals surface area contributed by atoms with Crippen molar-refractivity contribution < 1.29 is 43.1 Å². The molecule has 0 aliphatic rings. The SMILES string of the molecule is C=CCOCCOCCOCCOCCOCCNC(=O)COCC(=O)O. The molecule has 0 fully saturated rings. The summed E-state index contributed by atoms with van der Waals surface area (Å²) in [6, 6.07) is 0. The Labute approximate surface area is 159 Å². The second kappa shape index (κ2) is 20.7. The van der Waals surface area contributed by atoms with E-state index >= 15 is 0 Å². The van der Waals surface area contributed by atoms with Crippen LogP contribution in [-0.4, -0.2) is 103 Å². The van der Waals surface area contributed by atoms with Crippen LogP contribution in [-0.2, 0) is 38.0 Å². The summed E-state index contributed by atoms with van der Waals surface area (Å²) in [5.74, 6) is -1.50. The molecule has 0 atom stereocenters. The van der Waals surface area contributed by atoms with E-state index in [2.05, 4.69) is 16.6 Å². The average Bonchev–Trinajstić information content (AvgIpc) is 2.64. The van der Waals surface area contributed by atoms with Gasteiger partial charge in [0.2, 0.25) is 5.91 Å². The molecule has 0 saturated heterocycles. The standard InChI is InChI=1S/C17H31NO9/c1-2-4-22-6-8-24-10-12-26-13-11-25-9-7-23-5-3-18-16(19)14-27-15-17(20)21/h2H,1,3-15H2,(H,18,19)(H,20,21). The maximum atomic E-state index is 11.2. The van der Waals surface area contributed by atoms with E-state index in [1.54, 1.807) is 6.08 Å². The minimum Gasteiger partial charge on any atom is -0.480 e. The first-order valence-electron chi connectivity index (χ1n) is 8.72. The summed E-state index contributed by atoms with van der Waals surface area (Å²) in [6.45, 7) is 7.78. The predicted octanol–water partition coefficient (Wildman–Crippen LogP) is -0.527. The number of carboxylic acids is 1. The predicted molar refractivity (Wildman–Crippen MR) is 95.8 cm³/mol. The van der Waals surface area contributed by atoms with Gasteiger partial charge in [-0.25, -0.2) is 4.79 Å². The van der Waals surface area contributed by atoms with Gasteiger partial charge in [0.05, 0.1) is 66.1 Å². The van der Waals surface area contributed by atoms with Gasteiger partial charge in [0.25, 0.3) is 0 Å². The molecular weight excluding hydrogens is 362 g/mol. The van der Waals surface area contributed by atoms with Gasteiger partial charge in [-0.05, 0) is 0 Å². The van der Waals surface area contributed by atoms with Crippen LogP contribution in [0.4, 0.5) is 0 Å². The van der Waals surface area contributed by atoms with E-state index in [-0.39, 0.29) is 12.5 Å². The first-order valence-corrected chi connectivity index (χ1v) is 8.72. The average molecular weight is 393 g/mol. The lowest BCUT2D eigenvalue weighted by Gasteiger charge is -2.08. The van der Waals surface area contributed by atoms with Gasteiger partial charge in [-0.3, -0.25) is 4.79 Å². The van der Waals surface area contributed by atoms with Crippen LogP contribution in [0.25, 0.3) is 0 Å². The topological polar surface area (TPSA) is 122 Å². The lowest BCUT2D eigenvalue weighted by atomic mass is 10.6. The van der Waals surface area contributed by atoms with E-state index in [0.717, 1.165) is 0 Å². The van der Waals surface area contributed by atoms with Crippen molar-refractivity contribution in [3.63, 3.8) is 0 Å². The third-order valence-corrected chi connectivity index (χ3v) is 2.75. The van der Waals surface area contributed by atoms with E-state index in [1.165, 1.54) is 0 Å². The molecule has 0 aromatic rings. The summed E-state index contributed by atoms with van der Waals surface area (Å²) < 4.78 is 31.0. The summed E-state index contributed by atoms with van der Waals surface area (Å²) in [5, 5.41) is 10.9. The van der Waals surface area contributed by atoms with Crippen LogP contribution in [0, 0.1) is 0 Å². The van der Waals surface area contributed by atoms with Crippen molar-refractivity contribution in [2.75, 3.05) is 85.8 Å². The molecule has 0 unspecified atom stereocenters. The zero-order chi connectivity index (χ0) is 20.0. The lowest BCUT2D eigenvalue weighted by Crippen LogP contribution is -2.31. The number of carbonyl (C=O) groups is 2. The van der Waals surface area contributed by atoms with Crippen LogP contribution in [0.5, 0.6) is 0 Å². The molecule has 0 rings (SSSR count). The van der Waals surface area contributed by atoms with Crippen LogP contribution in [0.15, 0.2) is 12.7 Å². The minimum absolute atomic E-state index is 0.288. The number of carboxylic acid groups (broad SMARTS) is 1. The smallest absolute Gasteiger partial charge is 0.329 e. The lowest BCUT2D eigenvalue weighted by molar-refractivity contribution is -0.143. The highest BCUT2D eigenvalue weighted by Gasteiger charge is 2.02. The summed E-state index contributed by atoms with van der Waals surface area (Å²) >= 11 is 0. The number of amides is 1. The van der Waals surface area contributed by atoms with Gasteiger partial charge in [-0.1, -0.05) is 6.08 Å². The third kappa shape index (κ3) is 22.4. The highest BCUT2D eigenvalue weighted by Crippen LogP contribution is 1.84. The molecular formula is C17H31NO9. The summed E-state index contributed by atoms with van der Waals surface area (Å²) in [7, 11) is 0. The molecule has 0 aliphatic heterocycles. The molecule has 0 spiro atoms. The summed E-state index contributed by atoms with van der Waals surface area (Å²) in [5.41, 5.74) is 0. The molecule has 158 valence electrons. The van der Waals surface area contributed by atoms with Crippen molar-refractivity contribution >= 4 is 11.9 Å². The van der Waals surface area contributed by atoms with Gasteiger partial charge in [-0.2, -0.15) is 0 Å². The molecule has 1 amide bonds. The van der Waals surface area contributed by atoms with Crippen molar-refractivity contribution in [3.05, 3.63) is 12.7 Å². The molecule has 0 aromatic heterocycles. The van der Waals surface area contributed by atoms with E-state index in [4.69, 9.17) is 28.8 Å². The maximum absolute atomic E-state index is 11.2. The van der Waals surface area contributed by atoms with Gasteiger partial charge in [0.15, 0.2) is 0 Å². The van der Waals surface area contributed by atoms with Gasteiger partial charge < -0.3 is 38.8 Å². The molecule has 0 radical (unpaired) electrons. The molecule has 0 aliphatic carbocycles. The molecule has 2 N–H and O–H groups in total. The second-order valence-electron chi connectivity index (χ2n) is 5.05. The van der Waals surface area contributed by atoms with Crippen LogP contribution < -0.4 is 5.32 Å². The number of hydrogen-bond donors (Lipinski definition) is 2. The van der Waals surface area contributed by atoms with Crippen molar-refractivity contribution in [1.82, 2.24) is 5.32 Å². The Morgan fingerprint density at radius 3 is 1.70 bits per heavy atom. The Morgan fingerprint density at radius 2 is 1.22 bits per heavy atom. The fraction of sp³-hybridized carbons (Fsp3) is 0.765. The normalized spacial score (nSPS) is 10.7. The molecule has 10 nitrogen and oxygen atoms in total. The molecule has 0 saturated carbocycles. The number of carbonyl (C=O) groups excluding carboxylic acids is 1. The van der Waals surface area contributed by atoms with E-state index in [9.17, 15) is 9.59 Å². The zero-order valence-electron chi connectivity index (χ0n) is 15.7. The highest BCUT2D eigenvalue weighted by atomic mass is 16.6. The second-order valence-corrected chi connectivity index (χ2v) is 5.05. The van der Waals surface area contributed by atoms with Crippen molar-refractivity contribution in [2.24, 2.45) is 0 Å². The Hall–Kier alpha value is -1.56. The van der Waals surface area contributed by atoms with Crippen LogP contribution in [0.1, 0.15) is 0 Å². The Bertz CT molecular complexity index is 379. The van der Waals surface area contributed by atoms with Crippen molar-refractivity contribution in [1.29, 1.82) is 0 Å². The van der Waals surface area contributed by atoms with Gasteiger partial charge in [-0.15, -0.1) is 6.58 Å². The van der Waals surface area contributed by atoms with Gasteiger partial charge >= 0.3 is 5.97 Å². The van der Waals surface area contributed by atoms with Gasteiger partial charge in [0.1, 0.15) is 13.2 Å². The van der Waals surface area contributed by atoms with Crippen molar-refractivity contribution in [2.45, 2.75) is 0 Å². The number of nitrogens with one attached hydrogen (secondary N) is 1. The quantitative estimate of drug-likeness (QED) is 0.196. The monoisotopic (exact) mass is 393 g/mol. The van der Waals surface area contributed by atoms with Crippen LogP contribution in [0.3, 0.4) is 0 Å². The maximum Gasteiger partial charge on any atom is 0.329 e. The van der Waals surface area contributed by atoms with E-state index in [0.29, 0.717) is 72.6 Å². The highest BCUT2D eigenvalue weighted by molar-refractivity contribution is 5.77. The first-order chi connectivity index (χ1) is 13.2. The molecule has 0 bridgehead atoms. The number of aliphatic carboxylic acids is 1. The van der Waals surface area contributed by atoms with Crippen molar-refractivity contribution in [3.8, 4) is 0 Å². The fourth-order valence-corrected chi connectivity index (χ4v) is 1.59. The Kier molecular flexibility index (Phi) is 19.5. The Balaban J connectivity index is 3.11. The number of hydrogen-bond acceptors (Lipinski definition) is 8. The molecule has 0 aromatic carbocycles. The van der Waals surface area contributed by atoms with Crippen LogP contribution in [0.2, 0.25) is 0 Å². The largest absolute Gasteiger partial charge is 0.480 e. The van der Waals surface area contributed by atoms with E-state index in [1.807, 2.05) is 0 Å². The molecule has 10 heteroatoms. The fourth-order valence-electron chi connectivity index (χ4n) is 1.59. The minimum atomic E-state index is -1.12. The molecule has 0 heterocycles. The summed E-state index contributed by atoms with van der Waals surface area (Å²) in [4.78, 5) is 21.4. The van der Waals surface area contributed by atoms with E-state index < -0.39 is 12.6 Å². The van der Waals surface area contributed by atoms with Crippen LogP contribution >= 0.6 is 0 Å². The number of ether oxygens (including phenoxy) is 6. The zero-order valence-corrected chi connectivity index (χ0v) is 15.7. The Morgan fingerprint density at radius 1 is 0.741 bits per heavy atom. The first kappa shape index (κ1) is 25.4. The van der Waals surface area contributed by atoms with Gasteiger partial charge in [0, 0.05) is 6.54 Å². The molecule has 27 heavy (non-hydrogen) atoms. The summed E-state index contributed by atoms with van der Waals surface area (Å²) in [6.07, 6.45) is 1.69.